The van der Waals surface area contributed by atoms with Crippen LogP contribution in [0.15, 0.2) is 58.6 Å². The topological polar surface area (TPSA) is 104 Å². The van der Waals surface area contributed by atoms with Crippen LogP contribution < -0.4 is 10.0 Å². The number of halogens is 3. The first-order chi connectivity index (χ1) is 15.2. The zero-order valence-electron chi connectivity index (χ0n) is 16.7. The highest BCUT2D eigenvalue weighted by atomic mass is 35.5. The lowest BCUT2D eigenvalue weighted by Crippen LogP contribution is -2.21. The van der Waals surface area contributed by atoms with Gasteiger partial charge in [0.05, 0.1) is 11.6 Å². The number of benzene rings is 2. The Kier molecular flexibility index (Phi) is 7.88. The highest BCUT2D eigenvalue weighted by Crippen LogP contribution is 2.27. The number of hydrogen-bond donors (Lipinski definition) is 3. The predicted molar refractivity (Wildman–Crippen MR) is 120 cm³/mol. The smallest absolute Gasteiger partial charge is 0.266 e. The van der Waals surface area contributed by atoms with Gasteiger partial charge in [-0.3, -0.25) is 4.72 Å². The molecule has 2 aromatic carbocycles. The highest BCUT2D eigenvalue weighted by Gasteiger charge is 2.23. The van der Waals surface area contributed by atoms with Gasteiger partial charge in [0.15, 0.2) is 5.16 Å². The Balaban J connectivity index is 1.91. The van der Waals surface area contributed by atoms with E-state index >= 15 is 0 Å². The Morgan fingerprint density at radius 1 is 1.09 bits per heavy atom. The summed E-state index contributed by atoms with van der Waals surface area (Å²) in [5, 5.41) is 11.9. The van der Waals surface area contributed by atoms with Crippen LogP contribution in [0.4, 0.5) is 20.4 Å². The summed E-state index contributed by atoms with van der Waals surface area (Å²) in [7, 11) is -4.47. The summed E-state index contributed by atoms with van der Waals surface area (Å²) in [5.74, 6) is -1.72. The van der Waals surface area contributed by atoms with Crippen molar-refractivity contribution in [1.82, 2.24) is 9.97 Å². The summed E-state index contributed by atoms with van der Waals surface area (Å²) < 4.78 is 55.1. The van der Waals surface area contributed by atoms with E-state index in [0.29, 0.717) is 17.9 Å². The van der Waals surface area contributed by atoms with Gasteiger partial charge in [-0.2, -0.15) is 0 Å². The number of anilines is 2. The number of nitrogens with one attached hydrogen (secondary N) is 2. The number of thioether (sulfide) groups is 1. The van der Waals surface area contributed by atoms with Gasteiger partial charge in [-0.05, 0) is 18.6 Å². The molecule has 0 radical (unpaired) electrons. The third-order valence-electron chi connectivity index (χ3n) is 4.09. The number of aliphatic hydroxyl groups excluding tert-OH is 1. The number of aromatic nitrogens is 2. The lowest BCUT2D eigenvalue weighted by Gasteiger charge is -2.15. The first-order valence-corrected chi connectivity index (χ1v) is 12.1. The number of sulfonamides is 1. The van der Waals surface area contributed by atoms with Gasteiger partial charge in [-0.15, -0.1) is 0 Å². The minimum Gasteiger partial charge on any atom is -0.394 e. The second kappa shape index (κ2) is 10.4. The van der Waals surface area contributed by atoms with Crippen LogP contribution in [0.25, 0.3) is 0 Å². The van der Waals surface area contributed by atoms with E-state index in [0.717, 1.165) is 5.56 Å². The van der Waals surface area contributed by atoms with E-state index in [2.05, 4.69) is 20.0 Å². The largest absolute Gasteiger partial charge is 0.394 e. The first kappa shape index (κ1) is 24.2. The molecule has 0 bridgehead atoms. The Morgan fingerprint density at radius 3 is 2.47 bits per heavy atom. The molecule has 0 saturated heterocycles. The molecule has 0 saturated carbocycles. The number of rotatable bonds is 9. The fraction of sp³-hybridized carbons (Fsp3) is 0.200. The molecule has 12 heteroatoms. The van der Waals surface area contributed by atoms with Crippen molar-refractivity contribution in [3.8, 4) is 0 Å². The molecule has 1 atom stereocenters. The molecule has 0 aliphatic carbocycles. The average Bonchev–Trinajstić information content (AvgIpc) is 2.75. The third kappa shape index (κ3) is 6.28. The highest BCUT2D eigenvalue weighted by molar-refractivity contribution is 7.98. The van der Waals surface area contributed by atoms with Crippen molar-refractivity contribution in [3.05, 3.63) is 70.8 Å². The molecule has 0 aliphatic heterocycles. The predicted octanol–water partition coefficient (Wildman–Crippen LogP) is 4.29. The molecule has 3 aromatic rings. The zero-order chi connectivity index (χ0) is 23.3. The second-order valence-corrected chi connectivity index (χ2v) is 9.73. The van der Waals surface area contributed by atoms with Gasteiger partial charge in [0.2, 0.25) is 0 Å². The van der Waals surface area contributed by atoms with E-state index in [1.54, 1.807) is 6.92 Å². The molecular weight excluding hydrogens is 482 g/mol. The van der Waals surface area contributed by atoms with Crippen molar-refractivity contribution in [2.75, 3.05) is 16.6 Å². The molecule has 1 aromatic heterocycles. The van der Waals surface area contributed by atoms with E-state index in [-0.39, 0.29) is 29.4 Å². The standard InChI is InChI=1S/C20H19ClF2N4O3S2/c1-12(10-28)24-18-9-19(26-20(25-18)31-11-13-5-3-2-4-6-13)27-32(29,30)17-7-14(21)15(22)8-16(17)23/h2-9,12,28H,10-11H2,1H3,(H2,24,25,26,27)/t12-/m1/s1. The van der Waals surface area contributed by atoms with Crippen LogP contribution in [0, 0.1) is 11.6 Å². The molecule has 0 aliphatic rings. The van der Waals surface area contributed by atoms with Gasteiger partial charge in [0.25, 0.3) is 10.0 Å². The lowest BCUT2D eigenvalue weighted by molar-refractivity contribution is 0.281. The van der Waals surface area contributed by atoms with Gasteiger partial charge in [-0.25, -0.2) is 27.2 Å². The minimum atomic E-state index is -4.47. The van der Waals surface area contributed by atoms with Crippen molar-refractivity contribution in [1.29, 1.82) is 0 Å². The summed E-state index contributed by atoms with van der Waals surface area (Å²) in [4.78, 5) is 7.70. The van der Waals surface area contributed by atoms with Crippen LogP contribution in [-0.4, -0.2) is 36.1 Å². The van der Waals surface area contributed by atoms with Gasteiger partial charge in [-0.1, -0.05) is 53.7 Å². The van der Waals surface area contributed by atoms with Crippen LogP contribution >= 0.6 is 23.4 Å². The molecule has 0 fully saturated rings. The fourth-order valence-corrected chi connectivity index (χ4v) is 4.66. The zero-order valence-corrected chi connectivity index (χ0v) is 19.1. The normalized spacial score (nSPS) is 12.4. The monoisotopic (exact) mass is 500 g/mol. The molecule has 7 nitrogen and oxygen atoms in total. The summed E-state index contributed by atoms with van der Waals surface area (Å²) in [5.41, 5.74) is 1.01. The Labute approximate surface area is 193 Å². The molecule has 1 heterocycles. The number of hydrogen-bond acceptors (Lipinski definition) is 7. The van der Waals surface area contributed by atoms with Crippen LogP contribution in [0.5, 0.6) is 0 Å². The average molecular weight is 501 g/mol. The molecule has 3 rings (SSSR count). The van der Waals surface area contributed by atoms with E-state index in [1.165, 1.54) is 17.8 Å². The van der Waals surface area contributed by atoms with Crippen LogP contribution in [0.2, 0.25) is 5.02 Å². The van der Waals surface area contributed by atoms with Gasteiger partial charge >= 0.3 is 0 Å². The Morgan fingerprint density at radius 2 is 1.78 bits per heavy atom. The Bertz CT molecular complexity index is 1200. The molecule has 170 valence electrons. The molecular formula is C20H19ClF2N4O3S2. The number of aliphatic hydroxyl groups is 1. The molecule has 32 heavy (non-hydrogen) atoms. The van der Waals surface area contributed by atoms with E-state index in [9.17, 15) is 22.3 Å². The van der Waals surface area contributed by atoms with Crippen LogP contribution in [-0.2, 0) is 15.8 Å². The lowest BCUT2D eigenvalue weighted by atomic mass is 10.2. The molecule has 0 spiro atoms. The van der Waals surface area contributed by atoms with E-state index in [4.69, 9.17) is 11.6 Å². The molecule has 0 amide bonds. The summed E-state index contributed by atoms with van der Waals surface area (Å²) in [6, 6.07) is 11.5. The summed E-state index contributed by atoms with van der Waals surface area (Å²) in [6.45, 7) is 1.52. The van der Waals surface area contributed by atoms with Gasteiger partial charge in [0, 0.05) is 23.9 Å². The summed E-state index contributed by atoms with van der Waals surface area (Å²) in [6.07, 6.45) is 0. The maximum absolute atomic E-state index is 14.1. The quantitative estimate of drug-likeness (QED) is 0.229. The van der Waals surface area contributed by atoms with Crippen molar-refractivity contribution < 1.29 is 22.3 Å². The van der Waals surface area contributed by atoms with Gasteiger partial charge in [0.1, 0.15) is 28.2 Å². The minimum absolute atomic E-state index is 0.136. The van der Waals surface area contributed by atoms with Gasteiger partial charge < -0.3 is 10.4 Å². The van der Waals surface area contributed by atoms with E-state index < -0.39 is 31.6 Å². The third-order valence-corrected chi connectivity index (χ3v) is 6.67. The van der Waals surface area contributed by atoms with Crippen LogP contribution in [0.1, 0.15) is 12.5 Å². The SMILES string of the molecule is C[C@H](CO)Nc1cc(NS(=O)(=O)c2cc(Cl)c(F)cc2F)nc(SCc2ccccc2)n1. The van der Waals surface area contributed by atoms with E-state index in [1.807, 2.05) is 30.3 Å². The first-order valence-electron chi connectivity index (χ1n) is 9.28. The van der Waals surface area contributed by atoms with Crippen LogP contribution in [0.3, 0.4) is 0 Å². The second-order valence-electron chi connectivity index (χ2n) is 6.73. The van der Waals surface area contributed by atoms with Crippen molar-refractivity contribution in [2.45, 2.75) is 28.8 Å². The Hall–Kier alpha value is -2.47. The number of nitrogens with zero attached hydrogens (tertiary/aromatic N) is 2. The van der Waals surface area contributed by atoms with Crippen molar-refractivity contribution >= 4 is 45.0 Å². The van der Waals surface area contributed by atoms with Crippen molar-refractivity contribution in [2.24, 2.45) is 0 Å². The maximum Gasteiger partial charge on any atom is 0.266 e. The molecule has 3 N–H and O–H groups in total. The maximum atomic E-state index is 14.1. The molecule has 0 unspecified atom stereocenters. The fourth-order valence-electron chi connectivity index (χ4n) is 2.54. The van der Waals surface area contributed by atoms with Crippen molar-refractivity contribution in [3.63, 3.8) is 0 Å². The summed E-state index contributed by atoms with van der Waals surface area (Å²) >= 11 is 6.88.